The molecule has 1 aliphatic rings. The van der Waals surface area contributed by atoms with Crippen molar-refractivity contribution in [2.75, 3.05) is 19.6 Å². The van der Waals surface area contributed by atoms with Gasteiger partial charge in [-0.15, -0.1) is 0 Å². The van der Waals surface area contributed by atoms with Crippen LogP contribution in [-0.2, 0) is 10.0 Å². The molecule has 24 heavy (non-hydrogen) atoms. The first-order valence-electron chi connectivity index (χ1n) is 7.69. The maximum atomic E-state index is 13.8. The summed E-state index contributed by atoms with van der Waals surface area (Å²) in [6.45, 7) is 1.74. The minimum absolute atomic E-state index is 0.0483. The molecule has 1 aromatic carbocycles. The Morgan fingerprint density at radius 3 is 2.58 bits per heavy atom. The molecule has 130 valence electrons. The molecule has 0 bridgehead atoms. The number of halogens is 2. The molecule has 2 aromatic rings. The molecule has 1 atom stereocenters. The van der Waals surface area contributed by atoms with E-state index in [-0.39, 0.29) is 12.6 Å². The highest BCUT2D eigenvalue weighted by atomic mass is 32.2. The highest BCUT2D eigenvalue weighted by Gasteiger charge is 2.28. The molecule has 1 N–H and O–H groups in total. The van der Waals surface area contributed by atoms with Crippen LogP contribution in [0.4, 0.5) is 8.78 Å². The second-order valence-electron chi connectivity index (χ2n) is 5.70. The Kier molecular flexibility index (Phi) is 4.98. The summed E-state index contributed by atoms with van der Waals surface area (Å²) in [4.78, 5) is 1.56. The maximum absolute atomic E-state index is 13.8. The topological polar surface area (TPSA) is 62.6 Å². The molecule has 2 heterocycles. The van der Waals surface area contributed by atoms with Crippen LogP contribution in [0.2, 0.25) is 0 Å². The summed E-state index contributed by atoms with van der Waals surface area (Å²) in [6.07, 6.45) is 3.61. The second kappa shape index (κ2) is 7.00. The lowest BCUT2D eigenvalue weighted by molar-refractivity contribution is 0.216. The predicted octanol–water partition coefficient (Wildman–Crippen LogP) is 2.67. The van der Waals surface area contributed by atoms with E-state index in [1.807, 2.05) is 0 Å². The van der Waals surface area contributed by atoms with Gasteiger partial charge in [-0.3, -0.25) is 4.90 Å². The third-order valence-corrected chi connectivity index (χ3v) is 5.56. The lowest BCUT2D eigenvalue weighted by Gasteiger charge is -2.26. The van der Waals surface area contributed by atoms with E-state index in [9.17, 15) is 17.2 Å². The van der Waals surface area contributed by atoms with Crippen molar-refractivity contribution in [3.63, 3.8) is 0 Å². The van der Waals surface area contributed by atoms with Crippen molar-refractivity contribution in [3.8, 4) is 0 Å². The van der Waals surface area contributed by atoms with Crippen molar-refractivity contribution in [3.05, 3.63) is 54.0 Å². The molecule has 0 saturated carbocycles. The van der Waals surface area contributed by atoms with Gasteiger partial charge in [0.05, 0.1) is 12.3 Å². The largest absolute Gasteiger partial charge is 0.468 e. The van der Waals surface area contributed by atoms with E-state index in [1.165, 1.54) is 6.26 Å². The number of nitrogens with zero attached hydrogens (tertiary/aromatic N) is 1. The first kappa shape index (κ1) is 17.1. The summed E-state index contributed by atoms with van der Waals surface area (Å²) in [5.74, 6) is -1.28. The first-order valence-corrected chi connectivity index (χ1v) is 9.18. The lowest BCUT2D eigenvalue weighted by Crippen LogP contribution is -2.36. The Labute approximate surface area is 139 Å². The van der Waals surface area contributed by atoms with E-state index in [1.54, 1.807) is 12.1 Å². The normalized spacial score (nSPS) is 17.2. The highest BCUT2D eigenvalue weighted by molar-refractivity contribution is 7.89. The van der Waals surface area contributed by atoms with Gasteiger partial charge < -0.3 is 4.42 Å². The molecule has 0 radical (unpaired) electrons. The molecule has 1 aromatic heterocycles. The van der Waals surface area contributed by atoms with E-state index in [2.05, 4.69) is 9.62 Å². The van der Waals surface area contributed by atoms with Gasteiger partial charge in [-0.05, 0) is 50.2 Å². The molecule has 8 heteroatoms. The number of hydrogen-bond acceptors (Lipinski definition) is 4. The van der Waals surface area contributed by atoms with Crippen molar-refractivity contribution >= 4 is 10.0 Å². The van der Waals surface area contributed by atoms with Crippen LogP contribution in [0.5, 0.6) is 0 Å². The molecule has 0 aliphatic carbocycles. The van der Waals surface area contributed by atoms with E-state index in [4.69, 9.17) is 4.42 Å². The van der Waals surface area contributed by atoms with Gasteiger partial charge in [-0.1, -0.05) is 0 Å². The van der Waals surface area contributed by atoms with Crippen LogP contribution in [0.25, 0.3) is 0 Å². The number of nitrogens with one attached hydrogen (secondary N) is 1. The number of sulfonamides is 1. The average Bonchev–Trinajstić information content (AvgIpc) is 3.20. The Hall–Kier alpha value is -1.77. The summed E-state index contributed by atoms with van der Waals surface area (Å²) in [5, 5.41) is 0. The van der Waals surface area contributed by atoms with Crippen LogP contribution in [0.15, 0.2) is 45.9 Å². The van der Waals surface area contributed by atoms with E-state index in [0.717, 1.165) is 38.1 Å². The van der Waals surface area contributed by atoms with Gasteiger partial charge in [0.15, 0.2) is 0 Å². The Morgan fingerprint density at radius 2 is 1.96 bits per heavy atom. The number of benzene rings is 1. The number of rotatable bonds is 6. The van der Waals surface area contributed by atoms with Crippen molar-refractivity contribution < 1.29 is 21.6 Å². The monoisotopic (exact) mass is 356 g/mol. The van der Waals surface area contributed by atoms with E-state index in [0.29, 0.717) is 11.8 Å². The van der Waals surface area contributed by atoms with E-state index < -0.39 is 26.6 Å². The summed E-state index contributed by atoms with van der Waals surface area (Å²) in [5.41, 5.74) is 0. The molecular formula is C16H18F2N2O3S. The number of likely N-dealkylation sites (tertiary alicyclic amines) is 1. The smallest absolute Gasteiger partial charge is 0.243 e. The summed E-state index contributed by atoms with van der Waals surface area (Å²) >= 11 is 0. The summed E-state index contributed by atoms with van der Waals surface area (Å²) in [6, 6.07) is 5.66. The molecule has 0 spiro atoms. The molecular weight excluding hydrogens is 338 g/mol. The van der Waals surface area contributed by atoms with E-state index >= 15 is 0 Å². The van der Waals surface area contributed by atoms with Crippen LogP contribution >= 0.6 is 0 Å². The predicted molar refractivity (Wildman–Crippen MR) is 83.8 cm³/mol. The highest BCUT2D eigenvalue weighted by Crippen LogP contribution is 2.25. The third-order valence-electron chi connectivity index (χ3n) is 4.10. The van der Waals surface area contributed by atoms with Crippen molar-refractivity contribution in [2.45, 2.75) is 23.8 Å². The Balaban J connectivity index is 1.78. The minimum atomic E-state index is -4.08. The molecule has 1 unspecified atom stereocenters. The third kappa shape index (κ3) is 3.66. The molecule has 1 fully saturated rings. The minimum Gasteiger partial charge on any atom is -0.468 e. The van der Waals surface area contributed by atoms with Crippen LogP contribution in [0.3, 0.4) is 0 Å². The van der Waals surface area contributed by atoms with Gasteiger partial charge in [0.1, 0.15) is 22.3 Å². The van der Waals surface area contributed by atoms with Gasteiger partial charge in [-0.25, -0.2) is 21.9 Å². The van der Waals surface area contributed by atoms with Crippen LogP contribution in [0.1, 0.15) is 24.6 Å². The van der Waals surface area contributed by atoms with Gasteiger partial charge in [0.2, 0.25) is 10.0 Å². The van der Waals surface area contributed by atoms with Crippen molar-refractivity contribution in [1.82, 2.24) is 9.62 Å². The van der Waals surface area contributed by atoms with Gasteiger partial charge >= 0.3 is 0 Å². The molecule has 5 nitrogen and oxygen atoms in total. The van der Waals surface area contributed by atoms with Gasteiger partial charge in [0.25, 0.3) is 0 Å². The lowest BCUT2D eigenvalue weighted by atomic mass is 10.2. The average molecular weight is 356 g/mol. The molecule has 3 rings (SSSR count). The van der Waals surface area contributed by atoms with Crippen molar-refractivity contribution in [2.24, 2.45) is 0 Å². The second-order valence-corrected chi connectivity index (χ2v) is 7.44. The fourth-order valence-electron chi connectivity index (χ4n) is 2.90. The first-order chi connectivity index (χ1) is 11.5. The quantitative estimate of drug-likeness (QED) is 0.864. The molecule has 1 saturated heterocycles. The SMILES string of the molecule is O=S(=O)(NCC(c1ccco1)N1CCCC1)c1ccc(F)cc1F. The fourth-order valence-corrected chi connectivity index (χ4v) is 4.00. The van der Waals surface area contributed by atoms with Crippen LogP contribution in [-0.4, -0.2) is 33.0 Å². The molecule has 1 aliphatic heterocycles. The molecule has 0 amide bonds. The fraction of sp³-hybridized carbons (Fsp3) is 0.375. The van der Waals surface area contributed by atoms with Gasteiger partial charge in [0, 0.05) is 12.6 Å². The van der Waals surface area contributed by atoms with Crippen molar-refractivity contribution in [1.29, 1.82) is 0 Å². The standard InChI is InChI=1S/C16H18F2N2O3S/c17-12-5-6-16(13(18)10-12)24(21,22)19-11-14(15-4-3-9-23-15)20-7-1-2-8-20/h3-6,9-10,14,19H,1-2,7-8,11H2. The summed E-state index contributed by atoms with van der Waals surface area (Å²) in [7, 11) is -4.08. The Bertz CT molecular complexity index is 788. The van der Waals surface area contributed by atoms with Gasteiger partial charge in [-0.2, -0.15) is 0 Å². The maximum Gasteiger partial charge on any atom is 0.243 e. The zero-order valence-electron chi connectivity index (χ0n) is 12.9. The van der Waals surface area contributed by atoms with Crippen LogP contribution < -0.4 is 4.72 Å². The zero-order chi connectivity index (χ0) is 17.2. The number of furan rings is 1. The van der Waals surface area contributed by atoms with Crippen LogP contribution in [0, 0.1) is 11.6 Å². The summed E-state index contributed by atoms with van der Waals surface area (Å²) < 4.78 is 59.2. The number of hydrogen-bond donors (Lipinski definition) is 1. The zero-order valence-corrected chi connectivity index (χ0v) is 13.7. The Morgan fingerprint density at radius 1 is 1.21 bits per heavy atom.